The molecule has 0 radical (unpaired) electrons. The number of halogens is 3. The van der Waals surface area contributed by atoms with E-state index in [1.807, 2.05) is 31.2 Å². The number of carbonyl (C=O) groups is 1. The standard InChI is InChI=1S/C20H19ClF2N4OS/c1-11-16(29-19(24-11)12-3-5-13(21)6-4-12)10-27(14-7-8-14)20(28)15-9-26(2)25-17(15)18(22)23/h3-6,9,14,18H,7-8,10H2,1-2H3. The minimum atomic E-state index is -2.79. The van der Waals surface area contributed by atoms with Gasteiger partial charge in [-0.1, -0.05) is 23.7 Å². The Kier molecular flexibility index (Phi) is 5.40. The summed E-state index contributed by atoms with van der Waals surface area (Å²) in [7, 11) is 1.54. The van der Waals surface area contributed by atoms with Crippen LogP contribution in [-0.4, -0.2) is 31.6 Å². The fraction of sp³-hybridized carbons (Fsp3) is 0.350. The maximum atomic E-state index is 13.3. The van der Waals surface area contributed by atoms with Gasteiger partial charge in [0.1, 0.15) is 10.7 Å². The van der Waals surface area contributed by atoms with Crippen molar-refractivity contribution in [2.75, 3.05) is 0 Å². The molecule has 0 aliphatic heterocycles. The Labute approximate surface area is 175 Å². The average molecular weight is 437 g/mol. The van der Waals surface area contributed by atoms with Crippen LogP contribution in [0.3, 0.4) is 0 Å². The maximum absolute atomic E-state index is 13.3. The second-order valence-corrected chi connectivity index (χ2v) is 8.62. The highest BCUT2D eigenvalue weighted by atomic mass is 35.5. The number of hydrogen-bond acceptors (Lipinski definition) is 4. The van der Waals surface area contributed by atoms with Gasteiger partial charge < -0.3 is 4.90 Å². The van der Waals surface area contributed by atoms with Crippen LogP contribution in [-0.2, 0) is 13.6 Å². The molecule has 2 aromatic heterocycles. The van der Waals surface area contributed by atoms with Crippen molar-refractivity contribution in [3.63, 3.8) is 0 Å². The number of nitrogens with zero attached hydrogens (tertiary/aromatic N) is 4. The molecule has 9 heteroatoms. The van der Waals surface area contributed by atoms with E-state index in [1.165, 1.54) is 29.3 Å². The van der Waals surface area contributed by atoms with Crippen molar-refractivity contribution in [2.24, 2.45) is 7.05 Å². The second kappa shape index (κ2) is 7.84. The van der Waals surface area contributed by atoms with Gasteiger partial charge >= 0.3 is 0 Å². The molecule has 5 nitrogen and oxygen atoms in total. The summed E-state index contributed by atoms with van der Waals surface area (Å²) in [6.45, 7) is 2.24. The van der Waals surface area contributed by atoms with Gasteiger partial charge in [-0.3, -0.25) is 9.48 Å². The minimum absolute atomic E-state index is 0.0329. The van der Waals surface area contributed by atoms with Crippen molar-refractivity contribution < 1.29 is 13.6 Å². The lowest BCUT2D eigenvalue weighted by Crippen LogP contribution is -2.33. The van der Waals surface area contributed by atoms with Gasteiger partial charge in [-0.15, -0.1) is 11.3 Å². The molecule has 0 unspecified atom stereocenters. The Morgan fingerprint density at radius 3 is 2.66 bits per heavy atom. The molecular formula is C20H19ClF2N4OS. The normalized spacial score (nSPS) is 13.9. The Balaban J connectivity index is 1.61. The summed E-state index contributed by atoms with van der Waals surface area (Å²) in [4.78, 5) is 20.3. The third-order valence-corrected chi connectivity index (χ3v) is 6.28. The van der Waals surface area contributed by atoms with Gasteiger partial charge in [0.2, 0.25) is 0 Å². The molecule has 1 aliphatic carbocycles. The van der Waals surface area contributed by atoms with Crippen molar-refractivity contribution in [1.29, 1.82) is 0 Å². The lowest BCUT2D eigenvalue weighted by atomic mass is 10.2. The summed E-state index contributed by atoms with van der Waals surface area (Å²) in [6.07, 6.45) is 0.325. The number of carbonyl (C=O) groups excluding carboxylic acids is 1. The molecule has 152 valence electrons. The van der Waals surface area contributed by atoms with E-state index >= 15 is 0 Å². The molecule has 3 aromatic rings. The fourth-order valence-corrected chi connectivity index (χ4v) is 4.38. The molecule has 1 amide bonds. The van der Waals surface area contributed by atoms with Crippen LogP contribution in [0.5, 0.6) is 0 Å². The van der Waals surface area contributed by atoms with Gasteiger partial charge in [-0.2, -0.15) is 5.10 Å². The number of aromatic nitrogens is 3. The quantitative estimate of drug-likeness (QED) is 0.530. The highest BCUT2D eigenvalue weighted by Gasteiger charge is 2.36. The molecular weight excluding hydrogens is 418 g/mol. The zero-order chi connectivity index (χ0) is 20.7. The summed E-state index contributed by atoms with van der Waals surface area (Å²) in [5, 5.41) is 5.26. The van der Waals surface area contributed by atoms with E-state index in [-0.39, 0.29) is 11.6 Å². The van der Waals surface area contributed by atoms with E-state index in [1.54, 1.807) is 4.90 Å². The smallest absolute Gasteiger partial charge is 0.282 e. The SMILES string of the molecule is Cc1nc(-c2ccc(Cl)cc2)sc1CN(C(=O)c1cn(C)nc1C(F)F)C1CC1. The molecule has 4 rings (SSSR count). The van der Waals surface area contributed by atoms with Crippen molar-refractivity contribution in [3.8, 4) is 10.6 Å². The molecule has 0 bridgehead atoms. The van der Waals surface area contributed by atoms with Crippen molar-refractivity contribution >= 4 is 28.8 Å². The number of alkyl halides is 2. The van der Waals surface area contributed by atoms with Gasteiger partial charge in [0.25, 0.3) is 12.3 Å². The summed E-state index contributed by atoms with van der Waals surface area (Å²) in [5.74, 6) is -0.406. The Morgan fingerprint density at radius 1 is 1.34 bits per heavy atom. The fourth-order valence-electron chi connectivity index (χ4n) is 3.18. The Morgan fingerprint density at radius 2 is 2.03 bits per heavy atom. The second-order valence-electron chi connectivity index (χ2n) is 7.10. The first-order valence-corrected chi connectivity index (χ1v) is 10.4. The lowest BCUT2D eigenvalue weighted by molar-refractivity contribution is 0.0719. The van der Waals surface area contributed by atoms with Crippen LogP contribution in [0.4, 0.5) is 8.78 Å². The summed E-state index contributed by atoms with van der Waals surface area (Å²) < 4.78 is 27.9. The molecule has 0 spiro atoms. The molecule has 0 saturated heterocycles. The largest absolute Gasteiger partial charge is 0.330 e. The van der Waals surface area contributed by atoms with E-state index in [9.17, 15) is 13.6 Å². The topological polar surface area (TPSA) is 51.0 Å². The Hall–Kier alpha value is -2.32. The molecule has 1 aromatic carbocycles. The Bertz CT molecular complexity index is 1040. The van der Waals surface area contributed by atoms with Crippen LogP contribution in [0, 0.1) is 6.92 Å². The van der Waals surface area contributed by atoms with E-state index in [0.717, 1.165) is 34.0 Å². The van der Waals surface area contributed by atoms with Crippen molar-refractivity contribution in [1.82, 2.24) is 19.7 Å². The van der Waals surface area contributed by atoms with Gasteiger partial charge in [0, 0.05) is 34.7 Å². The van der Waals surface area contributed by atoms with Crippen LogP contribution in [0.2, 0.25) is 5.02 Å². The number of thiazole rings is 1. The number of rotatable bonds is 6. The van der Waals surface area contributed by atoms with Crippen LogP contribution >= 0.6 is 22.9 Å². The van der Waals surface area contributed by atoms with Gasteiger partial charge in [-0.05, 0) is 31.9 Å². The van der Waals surface area contributed by atoms with Crippen molar-refractivity contribution in [3.05, 3.63) is 57.3 Å². The van der Waals surface area contributed by atoms with E-state index in [0.29, 0.717) is 11.6 Å². The third kappa shape index (κ3) is 4.18. The van der Waals surface area contributed by atoms with E-state index in [2.05, 4.69) is 10.1 Å². The number of benzene rings is 1. The molecule has 29 heavy (non-hydrogen) atoms. The maximum Gasteiger partial charge on any atom is 0.282 e. The minimum Gasteiger partial charge on any atom is -0.330 e. The average Bonchev–Trinajstić information content (AvgIpc) is 3.34. The first-order valence-electron chi connectivity index (χ1n) is 9.18. The van der Waals surface area contributed by atoms with E-state index in [4.69, 9.17) is 11.6 Å². The van der Waals surface area contributed by atoms with Crippen LogP contribution in [0.25, 0.3) is 10.6 Å². The summed E-state index contributed by atoms with van der Waals surface area (Å²) >= 11 is 7.46. The highest BCUT2D eigenvalue weighted by Crippen LogP contribution is 2.35. The first-order chi connectivity index (χ1) is 13.8. The molecule has 1 fully saturated rings. The predicted molar refractivity (Wildman–Crippen MR) is 108 cm³/mol. The molecule has 2 heterocycles. The van der Waals surface area contributed by atoms with Gasteiger partial charge in [-0.25, -0.2) is 13.8 Å². The van der Waals surface area contributed by atoms with Crippen molar-refractivity contribution in [2.45, 2.75) is 38.8 Å². The van der Waals surface area contributed by atoms with Crippen LogP contribution < -0.4 is 0 Å². The van der Waals surface area contributed by atoms with Crippen LogP contribution in [0.15, 0.2) is 30.5 Å². The van der Waals surface area contributed by atoms with Gasteiger partial charge in [0.15, 0.2) is 0 Å². The first kappa shape index (κ1) is 20.0. The summed E-state index contributed by atoms with van der Waals surface area (Å²) in [6, 6.07) is 7.48. The van der Waals surface area contributed by atoms with E-state index < -0.39 is 18.0 Å². The number of amides is 1. The molecule has 1 saturated carbocycles. The third-order valence-electron chi connectivity index (χ3n) is 4.84. The van der Waals surface area contributed by atoms with Crippen LogP contribution in [0.1, 0.15) is 45.9 Å². The predicted octanol–water partition coefficient (Wildman–Crippen LogP) is 5.25. The lowest BCUT2D eigenvalue weighted by Gasteiger charge is -2.22. The molecule has 1 aliphatic rings. The summed E-state index contributed by atoms with van der Waals surface area (Å²) in [5.41, 5.74) is 1.28. The zero-order valence-electron chi connectivity index (χ0n) is 15.9. The molecule has 0 N–H and O–H groups in total. The molecule has 0 atom stereocenters. The zero-order valence-corrected chi connectivity index (χ0v) is 17.5. The number of aryl methyl sites for hydroxylation is 2. The number of hydrogen-bond donors (Lipinski definition) is 0. The highest BCUT2D eigenvalue weighted by molar-refractivity contribution is 7.15. The van der Waals surface area contributed by atoms with Gasteiger partial charge in [0.05, 0.1) is 17.8 Å². The monoisotopic (exact) mass is 436 g/mol.